The number of hydrogen-bond acceptors (Lipinski definition) is 4. The second-order valence-electron chi connectivity index (χ2n) is 16.9. The summed E-state index contributed by atoms with van der Waals surface area (Å²) in [5.74, 6) is 1.70. The first kappa shape index (κ1) is 38.9. The summed E-state index contributed by atoms with van der Waals surface area (Å²) in [5.41, 5.74) is 10.6. The van der Waals surface area contributed by atoms with Gasteiger partial charge in [-0.15, -0.1) is 0 Å². The zero-order valence-electron chi connectivity index (χ0n) is 34.0. The fourth-order valence-electron chi connectivity index (χ4n) is 8.20. The maximum absolute atomic E-state index is 12.3. The molecule has 54 heavy (non-hydrogen) atoms. The average molecular weight is 727 g/mol. The molecule has 3 aromatic carbocycles. The first-order valence-corrected chi connectivity index (χ1v) is 19.9. The van der Waals surface area contributed by atoms with Gasteiger partial charge in [0.1, 0.15) is 23.7 Å². The molecule has 0 atom stereocenters. The minimum absolute atomic E-state index is 0.115. The van der Waals surface area contributed by atoms with Gasteiger partial charge in [-0.1, -0.05) is 82.3 Å². The van der Waals surface area contributed by atoms with Crippen LogP contribution in [0.4, 0.5) is 16.2 Å². The van der Waals surface area contributed by atoms with Crippen molar-refractivity contribution >= 4 is 23.2 Å². The topological polar surface area (TPSA) is 53.8 Å². The summed E-state index contributed by atoms with van der Waals surface area (Å²) in [4.78, 5) is 14.8. The molecule has 1 aliphatic carbocycles. The molecule has 3 aliphatic rings. The van der Waals surface area contributed by atoms with E-state index in [9.17, 15) is 4.79 Å². The van der Waals surface area contributed by atoms with Crippen LogP contribution in [-0.2, 0) is 22.1 Å². The largest absolute Gasteiger partial charge is 0.457 e. The molecule has 1 amide bonds. The lowest BCUT2D eigenvalue weighted by Crippen LogP contribution is -2.32. The highest BCUT2D eigenvalue weighted by molar-refractivity contribution is 6.03. The molecule has 0 aromatic heterocycles. The molecule has 0 spiro atoms. The molecule has 6 nitrogen and oxygen atoms in total. The van der Waals surface area contributed by atoms with Crippen molar-refractivity contribution in [2.75, 3.05) is 18.0 Å². The van der Waals surface area contributed by atoms with Gasteiger partial charge in [0.2, 0.25) is 5.69 Å². The van der Waals surface area contributed by atoms with E-state index in [0.717, 1.165) is 62.3 Å². The first-order valence-electron chi connectivity index (χ1n) is 19.9. The number of alkyl carbamates (subject to hydrolysis) is 1. The third-order valence-electron chi connectivity index (χ3n) is 10.8. The highest BCUT2D eigenvalue weighted by Gasteiger charge is 2.44. The Morgan fingerprint density at radius 2 is 1.56 bits per heavy atom. The van der Waals surface area contributed by atoms with Crippen LogP contribution in [0.25, 0.3) is 0 Å². The summed E-state index contributed by atoms with van der Waals surface area (Å²) in [6.45, 7) is 21.8. The lowest BCUT2D eigenvalue weighted by atomic mass is 9.81. The Hall–Kier alpha value is -4.84. The standard InChI is InChI=1S/C48H59N3O3/c1-10-31-50-40-21-14-12-19-38(40)47(6,7)42(50)29-25-35-17-16-18-36(26-30-43-48(8,9)39-20-13-15-22-41(39)51(43)32-11-2)44(35)53-37-27-23-34(24-28-37)33-49-45(52)54-46(3,4)5/h12-15,19-30H,10-11,16-18,31-33H2,1-9H3/p+1. The number of carbonyl (C=O) groups is 1. The summed E-state index contributed by atoms with van der Waals surface area (Å²) >= 11 is 0. The zero-order chi connectivity index (χ0) is 38.7. The van der Waals surface area contributed by atoms with Gasteiger partial charge in [0.05, 0.1) is 5.41 Å². The highest BCUT2D eigenvalue weighted by Crippen LogP contribution is 2.48. The van der Waals surface area contributed by atoms with E-state index >= 15 is 0 Å². The highest BCUT2D eigenvalue weighted by atomic mass is 16.6. The monoisotopic (exact) mass is 726 g/mol. The van der Waals surface area contributed by atoms with E-state index in [1.807, 2.05) is 45.0 Å². The number of nitrogens with zero attached hydrogens (tertiary/aromatic N) is 2. The summed E-state index contributed by atoms with van der Waals surface area (Å²) in [6.07, 6.45) is 14.0. The van der Waals surface area contributed by atoms with Crippen molar-refractivity contribution in [1.29, 1.82) is 0 Å². The van der Waals surface area contributed by atoms with Crippen LogP contribution in [0.3, 0.4) is 0 Å². The number of allylic oxidation sites excluding steroid dienone is 7. The minimum Gasteiger partial charge on any atom is -0.457 e. The molecule has 0 saturated heterocycles. The maximum Gasteiger partial charge on any atom is 0.407 e. The molecule has 284 valence electrons. The fraction of sp³-hybridized carbons (Fsp3) is 0.417. The van der Waals surface area contributed by atoms with Crippen LogP contribution in [0.15, 0.2) is 120 Å². The number of ether oxygens (including phenoxy) is 2. The molecule has 1 N–H and O–H groups in total. The first-order chi connectivity index (χ1) is 25.7. The predicted molar refractivity (Wildman–Crippen MR) is 223 cm³/mol. The Kier molecular flexibility index (Phi) is 11.4. The van der Waals surface area contributed by atoms with Gasteiger partial charge in [0.25, 0.3) is 0 Å². The molecule has 2 aliphatic heterocycles. The molecule has 6 rings (SSSR count). The maximum atomic E-state index is 12.3. The number of anilines is 1. The SMILES string of the molecule is CCCN1/C(=C/C=C2\CCCC(/C=C/C3=[N+](CCC)c4ccccc4C3(C)C)=C2Oc2ccc(CNC(=O)OC(C)(C)C)cc2)C(C)(C)c2ccccc21. The lowest BCUT2D eigenvalue weighted by molar-refractivity contribution is -0.437. The van der Waals surface area contributed by atoms with E-state index in [0.29, 0.717) is 6.54 Å². The van der Waals surface area contributed by atoms with Gasteiger partial charge in [-0.05, 0) is 113 Å². The van der Waals surface area contributed by atoms with Crippen molar-refractivity contribution in [3.8, 4) is 5.75 Å². The van der Waals surface area contributed by atoms with Crippen LogP contribution in [0.5, 0.6) is 5.75 Å². The van der Waals surface area contributed by atoms with Crippen molar-refractivity contribution in [1.82, 2.24) is 5.32 Å². The van der Waals surface area contributed by atoms with Gasteiger partial charge in [-0.25, -0.2) is 4.79 Å². The second-order valence-corrected chi connectivity index (χ2v) is 16.9. The third kappa shape index (κ3) is 8.13. The Bertz CT molecular complexity index is 2020. The predicted octanol–water partition coefficient (Wildman–Crippen LogP) is 11.6. The van der Waals surface area contributed by atoms with E-state index in [-0.39, 0.29) is 10.8 Å². The molecule has 0 bridgehead atoms. The third-order valence-corrected chi connectivity index (χ3v) is 10.8. The number of carbonyl (C=O) groups excluding carboxylic acids is 1. The normalized spacial score (nSPS) is 19.2. The van der Waals surface area contributed by atoms with Crippen molar-refractivity contribution in [3.05, 3.63) is 136 Å². The molecule has 3 aromatic rings. The smallest absolute Gasteiger partial charge is 0.407 e. The van der Waals surface area contributed by atoms with Gasteiger partial charge >= 0.3 is 6.09 Å². The molecule has 0 unspecified atom stereocenters. The van der Waals surface area contributed by atoms with E-state index in [1.165, 1.54) is 45.1 Å². The number of hydrogen-bond donors (Lipinski definition) is 1. The fourth-order valence-corrected chi connectivity index (χ4v) is 8.20. The summed E-state index contributed by atoms with van der Waals surface area (Å²) in [7, 11) is 0. The van der Waals surface area contributed by atoms with Gasteiger partial charge in [-0.3, -0.25) is 0 Å². The molecule has 0 radical (unpaired) electrons. The molecule has 0 fully saturated rings. The van der Waals surface area contributed by atoms with Crippen LogP contribution in [0.2, 0.25) is 0 Å². The Morgan fingerprint density at radius 1 is 0.852 bits per heavy atom. The lowest BCUT2D eigenvalue weighted by Gasteiger charge is -2.27. The van der Waals surface area contributed by atoms with E-state index < -0.39 is 11.7 Å². The van der Waals surface area contributed by atoms with Crippen molar-refractivity contribution < 1.29 is 18.8 Å². The quantitative estimate of drug-likeness (QED) is 0.200. The van der Waals surface area contributed by atoms with Gasteiger partial charge in [0.15, 0.2) is 5.71 Å². The number of benzene rings is 3. The van der Waals surface area contributed by atoms with E-state index in [4.69, 9.17) is 9.47 Å². The molecular formula is C48H60N3O3+. The molecular weight excluding hydrogens is 667 g/mol. The Balaban J connectivity index is 1.38. The Morgan fingerprint density at radius 3 is 2.26 bits per heavy atom. The van der Waals surface area contributed by atoms with Crippen molar-refractivity contribution in [3.63, 3.8) is 0 Å². The van der Waals surface area contributed by atoms with E-state index in [1.54, 1.807) is 0 Å². The summed E-state index contributed by atoms with van der Waals surface area (Å²) in [5, 5.41) is 2.86. The molecule has 6 heteroatoms. The molecule has 2 heterocycles. The number of rotatable bonds is 11. The van der Waals surface area contributed by atoms with Gasteiger partial charge < -0.3 is 19.7 Å². The van der Waals surface area contributed by atoms with Crippen LogP contribution in [-0.4, -0.2) is 35.1 Å². The summed E-state index contributed by atoms with van der Waals surface area (Å²) < 4.78 is 14.8. The summed E-state index contributed by atoms with van der Waals surface area (Å²) in [6, 6.07) is 25.7. The van der Waals surface area contributed by atoms with Crippen molar-refractivity contribution in [2.24, 2.45) is 0 Å². The second kappa shape index (κ2) is 15.9. The van der Waals surface area contributed by atoms with Crippen molar-refractivity contribution in [2.45, 2.75) is 117 Å². The van der Waals surface area contributed by atoms with E-state index in [2.05, 4.69) is 129 Å². The zero-order valence-corrected chi connectivity index (χ0v) is 34.0. The minimum atomic E-state index is -0.543. The van der Waals surface area contributed by atoms with Crippen LogP contribution >= 0.6 is 0 Å². The number of nitrogens with one attached hydrogen (secondary N) is 1. The number of amides is 1. The van der Waals surface area contributed by atoms with Gasteiger partial charge in [-0.2, -0.15) is 4.58 Å². The molecule has 0 saturated carbocycles. The average Bonchev–Trinajstić information content (AvgIpc) is 3.48. The number of para-hydroxylation sites is 2. The van der Waals surface area contributed by atoms with Crippen LogP contribution in [0, 0.1) is 0 Å². The van der Waals surface area contributed by atoms with Gasteiger partial charge in [0, 0.05) is 54.0 Å². The van der Waals surface area contributed by atoms with Crippen LogP contribution < -0.4 is 15.0 Å². The number of fused-ring (bicyclic) bond motifs is 2. The van der Waals surface area contributed by atoms with Crippen LogP contribution in [0.1, 0.15) is 111 Å². The Labute approximate surface area is 324 Å².